The molecule has 0 radical (unpaired) electrons. The molecule has 1 aliphatic carbocycles. The average Bonchev–Trinajstić information content (AvgIpc) is 2.25. The summed E-state index contributed by atoms with van der Waals surface area (Å²) in [6, 6.07) is 0.673. The van der Waals surface area contributed by atoms with Crippen LogP contribution in [-0.4, -0.2) is 12.6 Å². The highest BCUT2D eigenvalue weighted by Gasteiger charge is 2.33. The zero-order valence-electron chi connectivity index (χ0n) is 7.99. The zero-order chi connectivity index (χ0) is 9.19. The maximum Gasteiger partial charge on any atom is 0.0268 e. The minimum atomic E-state index is 0.475. The van der Waals surface area contributed by atoms with Crippen molar-refractivity contribution in [2.24, 2.45) is 5.41 Å². The van der Waals surface area contributed by atoms with Gasteiger partial charge in [0.05, 0.1) is 0 Å². The van der Waals surface area contributed by atoms with Crippen LogP contribution < -0.4 is 5.32 Å². The van der Waals surface area contributed by atoms with Crippen LogP contribution in [0.4, 0.5) is 0 Å². The highest BCUT2D eigenvalue weighted by atomic mass is 79.9. The van der Waals surface area contributed by atoms with E-state index in [0.29, 0.717) is 11.5 Å². The van der Waals surface area contributed by atoms with Gasteiger partial charge in [0, 0.05) is 17.1 Å². The first-order chi connectivity index (χ1) is 5.52. The second kappa shape index (κ2) is 3.93. The third-order valence-electron chi connectivity index (χ3n) is 2.80. The molecule has 1 rings (SSSR count). The second-order valence-corrected chi connectivity index (χ2v) is 5.45. The standard InChI is InChI=1S/C10H18BrN/c1-8(11)7-12-9-5-4-6-10(9,2)3/h9,12H,1,4-7H2,2-3H3. The van der Waals surface area contributed by atoms with Crippen molar-refractivity contribution >= 4 is 15.9 Å². The van der Waals surface area contributed by atoms with Crippen LogP contribution in [0.3, 0.4) is 0 Å². The molecule has 0 bridgehead atoms. The van der Waals surface area contributed by atoms with Gasteiger partial charge >= 0.3 is 0 Å². The number of hydrogen-bond acceptors (Lipinski definition) is 1. The normalized spacial score (nSPS) is 27.4. The summed E-state index contributed by atoms with van der Waals surface area (Å²) in [4.78, 5) is 0. The second-order valence-electron chi connectivity index (χ2n) is 4.33. The van der Waals surface area contributed by atoms with E-state index in [-0.39, 0.29) is 0 Å². The summed E-state index contributed by atoms with van der Waals surface area (Å²) in [6.07, 6.45) is 4.02. The van der Waals surface area contributed by atoms with Crippen molar-refractivity contribution in [3.63, 3.8) is 0 Å². The maximum absolute atomic E-state index is 3.82. The summed E-state index contributed by atoms with van der Waals surface area (Å²) < 4.78 is 1.05. The molecule has 1 N–H and O–H groups in total. The topological polar surface area (TPSA) is 12.0 Å². The number of rotatable bonds is 3. The van der Waals surface area contributed by atoms with Crippen LogP contribution in [0.1, 0.15) is 33.1 Å². The smallest absolute Gasteiger partial charge is 0.0268 e. The minimum Gasteiger partial charge on any atom is -0.309 e. The quantitative estimate of drug-likeness (QED) is 0.788. The van der Waals surface area contributed by atoms with E-state index in [4.69, 9.17) is 0 Å². The molecule has 2 heteroatoms. The fourth-order valence-electron chi connectivity index (χ4n) is 1.94. The van der Waals surface area contributed by atoms with Crippen molar-refractivity contribution in [2.45, 2.75) is 39.2 Å². The van der Waals surface area contributed by atoms with Gasteiger partial charge in [-0.25, -0.2) is 0 Å². The van der Waals surface area contributed by atoms with Crippen molar-refractivity contribution in [3.8, 4) is 0 Å². The molecule has 1 aliphatic rings. The lowest BCUT2D eigenvalue weighted by Gasteiger charge is -2.27. The largest absolute Gasteiger partial charge is 0.309 e. The van der Waals surface area contributed by atoms with Gasteiger partial charge in [0.2, 0.25) is 0 Å². The lowest BCUT2D eigenvalue weighted by molar-refractivity contribution is 0.291. The molecule has 0 saturated heterocycles. The number of hydrogen-bond donors (Lipinski definition) is 1. The average molecular weight is 232 g/mol. The zero-order valence-corrected chi connectivity index (χ0v) is 9.58. The Hall–Kier alpha value is 0.180. The van der Waals surface area contributed by atoms with Crippen LogP contribution in [0.5, 0.6) is 0 Å². The Kier molecular flexibility index (Phi) is 3.36. The van der Waals surface area contributed by atoms with Crippen molar-refractivity contribution < 1.29 is 0 Å². The van der Waals surface area contributed by atoms with Gasteiger partial charge in [-0.3, -0.25) is 0 Å². The van der Waals surface area contributed by atoms with E-state index in [1.54, 1.807) is 0 Å². The maximum atomic E-state index is 3.82. The molecule has 0 spiro atoms. The van der Waals surface area contributed by atoms with Gasteiger partial charge in [0.1, 0.15) is 0 Å². The van der Waals surface area contributed by atoms with E-state index in [1.807, 2.05) is 0 Å². The van der Waals surface area contributed by atoms with Crippen LogP contribution in [0, 0.1) is 5.41 Å². The van der Waals surface area contributed by atoms with Gasteiger partial charge in [0.15, 0.2) is 0 Å². The fourth-order valence-corrected chi connectivity index (χ4v) is 2.10. The lowest BCUT2D eigenvalue weighted by atomic mass is 9.87. The molecule has 12 heavy (non-hydrogen) atoms. The summed E-state index contributed by atoms with van der Waals surface area (Å²) in [6.45, 7) is 9.40. The molecule has 0 aromatic heterocycles. The van der Waals surface area contributed by atoms with Gasteiger partial charge in [-0.1, -0.05) is 42.8 Å². The van der Waals surface area contributed by atoms with Crippen molar-refractivity contribution in [2.75, 3.05) is 6.54 Å². The molecule has 0 heterocycles. The van der Waals surface area contributed by atoms with Crippen LogP contribution in [0.2, 0.25) is 0 Å². The van der Waals surface area contributed by atoms with Gasteiger partial charge in [-0.05, 0) is 18.3 Å². The molecule has 0 amide bonds. The summed E-state index contributed by atoms with van der Waals surface area (Å²) in [7, 11) is 0. The lowest BCUT2D eigenvalue weighted by Crippen LogP contribution is -2.38. The minimum absolute atomic E-state index is 0.475. The Balaban J connectivity index is 2.36. The SMILES string of the molecule is C=C(Br)CNC1CCCC1(C)C. The van der Waals surface area contributed by atoms with E-state index in [9.17, 15) is 0 Å². The van der Waals surface area contributed by atoms with E-state index < -0.39 is 0 Å². The summed E-state index contributed by atoms with van der Waals surface area (Å²) in [5.74, 6) is 0. The Labute approximate surface area is 83.7 Å². The first kappa shape index (κ1) is 10.3. The molecule has 70 valence electrons. The highest BCUT2D eigenvalue weighted by molar-refractivity contribution is 9.11. The number of nitrogens with one attached hydrogen (secondary N) is 1. The Morgan fingerprint density at radius 2 is 2.33 bits per heavy atom. The van der Waals surface area contributed by atoms with Crippen molar-refractivity contribution in [1.29, 1.82) is 0 Å². The molecular weight excluding hydrogens is 214 g/mol. The van der Waals surface area contributed by atoms with Crippen molar-refractivity contribution in [3.05, 3.63) is 11.1 Å². The van der Waals surface area contributed by atoms with Crippen molar-refractivity contribution in [1.82, 2.24) is 5.32 Å². The Morgan fingerprint density at radius 1 is 1.67 bits per heavy atom. The molecular formula is C10H18BrN. The fraction of sp³-hybridized carbons (Fsp3) is 0.800. The van der Waals surface area contributed by atoms with Crippen LogP contribution in [0.15, 0.2) is 11.1 Å². The van der Waals surface area contributed by atoms with Gasteiger partial charge in [-0.2, -0.15) is 0 Å². The molecule has 1 nitrogen and oxygen atoms in total. The van der Waals surface area contributed by atoms with Crippen LogP contribution in [-0.2, 0) is 0 Å². The third-order valence-corrected chi connectivity index (χ3v) is 3.08. The van der Waals surface area contributed by atoms with Gasteiger partial charge in [0.25, 0.3) is 0 Å². The molecule has 1 fully saturated rings. The monoisotopic (exact) mass is 231 g/mol. The Morgan fingerprint density at radius 3 is 2.75 bits per heavy atom. The van der Waals surface area contributed by atoms with Crippen LogP contribution >= 0.6 is 15.9 Å². The first-order valence-corrected chi connectivity index (χ1v) is 5.38. The molecule has 1 saturated carbocycles. The first-order valence-electron chi connectivity index (χ1n) is 4.59. The summed E-state index contributed by atoms with van der Waals surface area (Å²) >= 11 is 3.36. The molecule has 0 aliphatic heterocycles. The molecule has 1 unspecified atom stereocenters. The van der Waals surface area contributed by atoms with Gasteiger partial charge in [-0.15, -0.1) is 0 Å². The van der Waals surface area contributed by atoms with E-state index in [0.717, 1.165) is 11.0 Å². The van der Waals surface area contributed by atoms with Crippen LogP contribution in [0.25, 0.3) is 0 Å². The predicted molar refractivity (Wildman–Crippen MR) is 57.5 cm³/mol. The predicted octanol–water partition coefficient (Wildman–Crippen LogP) is 3.06. The molecule has 0 aromatic carbocycles. The van der Waals surface area contributed by atoms with E-state index >= 15 is 0 Å². The van der Waals surface area contributed by atoms with E-state index in [2.05, 4.69) is 41.7 Å². The Bertz CT molecular complexity index is 175. The highest BCUT2D eigenvalue weighted by Crippen LogP contribution is 2.37. The molecule has 1 atom stereocenters. The van der Waals surface area contributed by atoms with Gasteiger partial charge < -0.3 is 5.32 Å². The molecule has 0 aromatic rings. The summed E-state index contributed by atoms with van der Waals surface area (Å²) in [5, 5.41) is 3.52. The third kappa shape index (κ3) is 2.60. The number of halogens is 1. The van der Waals surface area contributed by atoms with E-state index in [1.165, 1.54) is 19.3 Å². The summed E-state index contributed by atoms with van der Waals surface area (Å²) in [5.41, 5.74) is 0.475.